The Bertz CT molecular complexity index is 1060. The molecule has 1 unspecified atom stereocenters. The summed E-state index contributed by atoms with van der Waals surface area (Å²) >= 11 is 0. The molecule has 0 radical (unpaired) electrons. The van der Waals surface area contributed by atoms with Crippen LogP contribution in [-0.4, -0.2) is 54.0 Å². The van der Waals surface area contributed by atoms with Crippen LogP contribution in [0.5, 0.6) is 5.75 Å². The first-order valence-electron chi connectivity index (χ1n) is 13.0. The van der Waals surface area contributed by atoms with Crippen molar-refractivity contribution in [3.8, 4) is 5.75 Å². The van der Waals surface area contributed by atoms with Gasteiger partial charge in [0.1, 0.15) is 23.2 Å². The number of aromatic nitrogens is 3. The van der Waals surface area contributed by atoms with Crippen LogP contribution in [0.2, 0.25) is 0 Å². The second kappa shape index (κ2) is 12.8. The number of hydrogen-bond donors (Lipinski definition) is 1. The summed E-state index contributed by atoms with van der Waals surface area (Å²) in [7, 11) is 0. The molecular formula is C27H36F2N6O2. The minimum atomic E-state index is -0.411. The van der Waals surface area contributed by atoms with Gasteiger partial charge in [-0.05, 0) is 68.0 Å². The number of nitrogens with zero attached hydrogens (tertiary/aromatic N) is 5. The Kier molecular flexibility index (Phi) is 9.27. The first-order chi connectivity index (χ1) is 17.9. The second-order valence-corrected chi connectivity index (χ2v) is 9.97. The molecule has 8 nitrogen and oxygen atoms in total. The highest BCUT2D eigenvalue weighted by molar-refractivity contribution is 5.41. The quantitative estimate of drug-likeness (QED) is 0.503. The Balaban J connectivity index is 0.000000342. The molecule has 1 aromatic carbocycles. The van der Waals surface area contributed by atoms with Gasteiger partial charge in [-0.15, -0.1) is 0 Å². The van der Waals surface area contributed by atoms with Gasteiger partial charge >= 0.3 is 6.01 Å². The highest BCUT2D eigenvalue weighted by Gasteiger charge is 2.24. The highest BCUT2D eigenvalue weighted by Crippen LogP contribution is 2.25. The van der Waals surface area contributed by atoms with Crippen LogP contribution in [0, 0.1) is 17.6 Å². The predicted molar refractivity (Wildman–Crippen MR) is 139 cm³/mol. The van der Waals surface area contributed by atoms with E-state index in [0.717, 1.165) is 93.5 Å². The first-order valence-corrected chi connectivity index (χ1v) is 13.0. The van der Waals surface area contributed by atoms with E-state index in [1.54, 1.807) is 0 Å². The largest absolute Gasteiger partial charge is 0.492 e. The van der Waals surface area contributed by atoms with Crippen LogP contribution in [-0.2, 0) is 0 Å². The van der Waals surface area contributed by atoms with Crippen molar-refractivity contribution in [2.45, 2.75) is 51.5 Å². The zero-order valence-corrected chi connectivity index (χ0v) is 21.5. The molecular weight excluding hydrogens is 478 g/mol. The number of piperidine rings is 2. The van der Waals surface area contributed by atoms with E-state index < -0.39 is 11.6 Å². The summed E-state index contributed by atoms with van der Waals surface area (Å²) in [4.78, 5) is 13.5. The summed E-state index contributed by atoms with van der Waals surface area (Å²) in [5.41, 5.74) is 6.07. The van der Waals surface area contributed by atoms with E-state index in [-0.39, 0.29) is 12.0 Å². The third-order valence-corrected chi connectivity index (χ3v) is 6.62. The summed E-state index contributed by atoms with van der Waals surface area (Å²) in [5.74, 6) is 2.58. The molecule has 2 saturated heterocycles. The van der Waals surface area contributed by atoms with Crippen molar-refractivity contribution in [2.24, 2.45) is 11.7 Å². The molecule has 3 aromatic rings. The second-order valence-electron chi connectivity index (χ2n) is 9.97. The maximum atomic E-state index is 11.9. The maximum Gasteiger partial charge on any atom is 0.324 e. The lowest BCUT2D eigenvalue weighted by Crippen LogP contribution is -2.43. The van der Waals surface area contributed by atoms with Crippen LogP contribution < -0.4 is 20.3 Å². The van der Waals surface area contributed by atoms with E-state index in [1.807, 2.05) is 18.3 Å². The Hall–Kier alpha value is -3.27. The number of nitrogens with two attached hydrogens (primary N) is 1. The molecule has 0 aliphatic carbocycles. The molecule has 1 atom stereocenters. The van der Waals surface area contributed by atoms with Gasteiger partial charge in [0.15, 0.2) is 5.82 Å². The summed E-state index contributed by atoms with van der Waals surface area (Å²) in [6.07, 6.45) is 6.16. The van der Waals surface area contributed by atoms with Gasteiger partial charge in [-0.1, -0.05) is 19.0 Å². The van der Waals surface area contributed by atoms with Crippen LogP contribution in [0.25, 0.3) is 0 Å². The van der Waals surface area contributed by atoms with Gasteiger partial charge in [-0.2, -0.15) is 4.98 Å². The van der Waals surface area contributed by atoms with E-state index in [0.29, 0.717) is 18.5 Å². The van der Waals surface area contributed by atoms with Crippen LogP contribution in [0.3, 0.4) is 0 Å². The van der Waals surface area contributed by atoms with Gasteiger partial charge in [0, 0.05) is 38.1 Å². The molecule has 200 valence electrons. The smallest absolute Gasteiger partial charge is 0.324 e. The zero-order valence-electron chi connectivity index (χ0n) is 21.5. The van der Waals surface area contributed by atoms with Crippen molar-refractivity contribution in [1.82, 2.24) is 15.1 Å². The Morgan fingerprint density at radius 3 is 2.27 bits per heavy atom. The molecule has 5 rings (SSSR count). The summed E-state index contributed by atoms with van der Waals surface area (Å²) in [5, 5.41) is 4.06. The minimum absolute atomic E-state index is 0.247. The average Bonchev–Trinajstić information content (AvgIpc) is 3.41. The van der Waals surface area contributed by atoms with Crippen molar-refractivity contribution in [3.05, 3.63) is 60.1 Å². The molecule has 0 saturated carbocycles. The average molecular weight is 515 g/mol. The Morgan fingerprint density at radius 2 is 1.70 bits per heavy atom. The minimum Gasteiger partial charge on any atom is -0.492 e. The van der Waals surface area contributed by atoms with E-state index in [2.05, 4.69) is 38.8 Å². The van der Waals surface area contributed by atoms with Crippen molar-refractivity contribution in [2.75, 3.05) is 42.6 Å². The fourth-order valence-corrected chi connectivity index (χ4v) is 4.39. The number of ether oxygens (including phenoxy) is 1. The van der Waals surface area contributed by atoms with Crippen molar-refractivity contribution in [3.63, 3.8) is 0 Å². The predicted octanol–water partition coefficient (Wildman–Crippen LogP) is 4.78. The summed E-state index contributed by atoms with van der Waals surface area (Å²) in [6.45, 7) is 8.59. The number of hydrogen-bond acceptors (Lipinski definition) is 8. The first kappa shape index (κ1) is 26.8. The molecule has 10 heteroatoms. The number of benzene rings is 1. The van der Waals surface area contributed by atoms with E-state index in [9.17, 15) is 8.78 Å². The molecule has 2 fully saturated rings. The van der Waals surface area contributed by atoms with E-state index >= 15 is 0 Å². The molecule has 2 N–H and O–H groups in total. The molecule has 4 heterocycles. The lowest BCUT2D eigenvalue weighted by Gasteiger charge is -2.32. The van der Waals surface area contributed by atoms with Gasteiger partial charge < -0.3 is 24.8 Å². The number of rotatable bonds is 6. The molecule has 2 aromatic heterocycles. The number of anilines is 2. The monoisotopic (exact) mass is 514 g/mol. The number of halogens is 2. The van der Waals surface area contributed by atoms with Gasteiger partial charge in [0.05, 0.1) is 12.8 Å². The van der Waals surface area contributed by atoms with Gasteiger partial charge in [-0.25, -0.2) is 13.8 Å². The third kappa shape index (κ3) is 7.85. The van der Waals surface area contributed by atoms with Crippen molar-refractivity contribution >= 4 is 11.8 Å². The van der Waals surface area contributed by atoms with Crippen LogP contribution in [0.15, 0.2) is 47.1 Å². The molecule has 37 heavy (non-hydrogen) atoms. The Morgan fingerprint density at radius 1 is 1.00 bits per heavy atom. The van der Waals surface area contributed by atoms with Gasteiger partial charge in [0.2, 0.25) is 0 Å². The highest BCUT2D eigenvalue weighted by atomic mass is 19.1. The summed E-state index contributed by atoms with van der Waals surface area (Å²) < 4.78 is 35.3. The zero-order chi connectivity index (χ0) is 26.2. The fraction of sp³-hybridized carbons (Fsp3) is 0.519. The molecule has 0 bridgehead atoms. The Labute approximate surface area is 216 Å². The van der Waals surface area contributed by atoms with Crippen molar-refractivity contribution in [1.29, 1.82) is 0 Å². The normalized spacial score (nSPS) is 18.5. The molecule has 0 spiro atoms. The fourth-order valence-electron chi connectivity index (χ4n) is 4.39. The standard InChI is InChI=1S/C21H32N6O2.C6H4F2/c1-15(2)20-24-21(29-25-20)26-10-7-16(8-11-26)14-28-18-5-6-19(23-12-18)27-9-3-4-17(22)13-27;7-5-1-2-6(8)4-3-5/h5-6,12,15-17H,3-4,7-11,13-14,22H2,1-2H3;1-4H. The maximum absolute atomic E-state index is 11.9. The molecule has 2 aliphatic heterocycles. The van der Waals surface area contributed by atoms with Crippen molar-refractivity contribution < 1.29 is 18.0 Å². The lowest BCUT2D eigenvalue weighted by molar-refractivity contribution is 0.219. The summed E-state index contributed by atoms with van der Waals surface area (Å²) in [6, 6.07) is 9.26. The molecule has 2 aliphatic rings. The third-order valence-electron chi connectivity index (χ3n) is 6.62. The van der Waals surface area contributed by atoms with Crippen LogP contribution in [0.1, 0.15) is 51.3 Å². The molecule has 0 amide bonds. The van der Waals surface area contributed by atoms with Gasteiger partial charge in [-0.3, -0.25) is 0 Å². The van der Waals surface area contributed by atoms with Crippen LogP contribution >= 0.6 is 0 Å². The van der Waals surface area contributed by atoms with E-state index in [4.69, 9.17) is 15.0 Å². The SMILES string of the molecule is CC(C)c1noc(N2CCC(COc3ccc(N4CCCC(N)C4)nc3)CC2)n1.Fc1ccc(F)cc1. The van der Waals surface area contributed by atoms with Gasteiger partial charge in [0.25, 0.3) is 0 Å². The number of pyridine rings is 1. The lowest BCUT2D eigenvalue weighted by atomic mass is 9.98. The topological polar surface area (TPSA) is 93.5 Å². The van der Waals surface area contributed by atoms with E-state index in [1.165, 1.54) is 0 Å². The van der Waals surface area contributed by atoms with Crippen LogP contribution in [0.4, 0.5) is 20.6 Å².